The topological polar surface area (TPSA) is 90.4 Å². The quantitative estimate of drug-likeness (QED) is 0.511. The predicted octanol–water partition coefficient (Wildman–Crippen LogP) is 2.86. The maximum Gasteiger partial charge on any atom is 0.247 e. The summed E-state index contributed by atoms with van der Waals surface area (Å²) in [6, 6.07) is 6.15. The molecule has 4 heterocycles. The summed E-state index contributed by atoms with van der Waals surface area (Å²) >= 11 is 1.57. The maximum absolute atomic E-state index is 14.2. The van der Waals surface area contributed by atoms with E-state index in [-0.39, 0.29) is 29.6 Å². The van der Waals surface area contributed by atoms with Gasteiger partial charge >= 0.3 is 0 Å². The van der Waals surface area contributed by atoms with E-state index in [9.17, 15) is 19.5 Å². The third-order valence-electron chi connectivity index (χ3n) is 8.16. The molecule has 0 radical (unpaired) electrons. The molecule has 3 amide bonds. The molecule has 8 nitrogen and oxygen atoms in total. The Bertz CT molecular complexity index is 1140. The van der Waals surface area contributed by atoms with Gasteiger partial charge in [-0.05, 0) is 44.5 Å². The summed E-state index contributed by atoms with van der Waals surface area (Å²) < 4.78 is 4.70. The number of carbonyl (C=O) groups is 3. The van der Waals surface area contributed by atoms with E-state index in [2.05, 4.69) is 6.92 Å². The van der Waals surface area contributed by atoms with Gasteiger partial charge < -0.3 is 24.5 Å². The van der Waals surface area contributed by atoms with Crippen molar-refractivity contribution in [3.05, 3.63) is 48.6 Å². The summed E-state index contributed by atoms with van der Waals surface area (Å²) in [6.07, 6.45) is 9.89. The molecule has 1 aromatic rings. The molecule has 2 saturated heterocycles. The van der Waals surface area contributed by atoms with Crippen molar-refractivity contribution in [2.24, 2.45) is 11.8 Å². The number of unbranched alkanes of at least 4 members (excludes halogenated alkanes) is 1. The maximum atomic E-state index is 14.2. The van der Waals surface area contributed by atoms with E-state index in [1.165, 1.54) is 0 Å². The number of aliphatic hydroxyl groups excluding tert-OH is 1. The second-order valence-corrected chi connectivity index (χ2v) is 12.0. The normalized spacial score (nSPS) is 31.2. The Morgan fingerprint density at radius 1 is 1.08 bits per heavy atom. The minimum absolute atomic E-state index is 0.0941. The van der Waals surface area contributed by atoms with E-state index in [4.69, 9.17) is 4.74 Å². The number of aliphatic hydroxyl groups is 1. The molecule has 1 N–H and O–H groups in total. The Kier molecular flexibility index (Phi) is 7.60. The number of thioether (sulfide) groups is 1. The fourth-order valence-electron chi connectivity index (χ4n) is 6.36. The first-order chi connectivity index (χ1) is 18.4. The monoisotopic (exact) mass is 539 g/mol. The highest BCUT2D eigenvalue weighted by Crippen LogP contribution is 2.61. The van der Waals surface area contributed by atoms with Gasteiger partial charge in [0, 0.05) is 30.6 Å². The number of rotatable bonds is 8. The van der Waals surface area contributed by atoms with Crippen molar-refractivity contribution >= 4 is 35.2 Å². The van der Waals surface area contributed by atoms with Crippen LogP contribution in [0.5, 0.6) is 5.75 Å². The molecule has 2 fully saturated rings. The number of hydrogen-bond donors (Lipinski definition) is 1. The van der Waals surface area contributed by atoms with E-state index in [1.54, 1.807) is 28.5 Å². The Morgan fingerprint density at radius 2 is 1.84 bits per heavy atom. The van der Waals surface area contributed by atoms with Gasteiger partial charge in [0.05, 0.1) is 35.8 Å². The Morgan fingerprint density at radius 3 is 2.53 bits per heavy atom. The van der Waals surface area contributed by atoms with Crippen LogP contribution in [0.25, 0.3) is 0 Å². The van der Waals surface area contributed by atoms with Crippen LogP contribution < -0.4 is 9.64 Å². The van der Waals surface area contributed by atoms with Gasteiger partial charge in [-0.3, -0.25) is 14.4 Å². The highest BCUT2D eigenvalue weighted by Gasteiger charge is 2.71. The number of anilines is 1. The van der Waals surface area contributed by atoms with Crippen molar-refractivity contribution in [2.75, 3.05) is 37.7 Å². The van der Waals surface area contributed by atoms with Gasteiger partial charge in [0.1, 0.15) is 11.8 Å². The molecular formula is C29H37N3O5S. The van der Waals surface area contributed by atoms with Crippen molar-refractivity contribution in [3.63, 3.8) is 0 Å². The largest absolute Gasteiger partial charge is 0.494 e. The van der Waals surface area contributed by atoms with E-state index in [0.717, 1.165) is 24.3 Å². The zero-order valence-corrected chi connectivity index (χ0v) is 23.1. The van der Waals surface area contributed by atoms with Gasteiger partial charge in [0.15, 0.2) is 0 Å². The average Bonchev–Trinajstić information content (AvgIpc) is 3.24. The number of hydrogen-bond acceptors (Lipinski definition) is 6. The van der Waals surface area contributed by atoms with Crippen LogP contribution >= 0.6 is 11.8 Å². The third kappa shape index (κ3) is 4.24. The second kappa shape index (κ2) is 10.8. The van der Waals surface area contributed by atoms with Crippen molar-refractivity contribution in [2.45, 2.75) is 55.7 Å². The first kappa shape index (κ1) is 26.8. The van der Waals surface area contributed by atoms with E-state index in [1.807, 2.05) is 60.4 Å². The molecule has 0 bridgehead atoms. The minimum atomic E-state index is -0.865. The van der Waals surface area contributed by atoms with Gasteiger partial charge in [-0.2, -0.15) is 0 Å². The van der Waals surface area contributed by atoms with E-state index in [0.29, 0.717) is 26.2 Å². The van der Waals surface area contributed by atoms with Crippen molar-refractivity contribution in [1.82, 2.24) is 9.80 Å². The molecule has 4 aliphatic heterocycles. The number of likely N-dealkylation sites (tertiary alicyclic amines) is 1. The highest BCUT2D eigenvalue weighted by molar-refractivity contribution is 8.02. The van der Waals surface area contributed by atoms with Crippen LogP contribution in [-0.4, -0.2) is 87.6 Å². The lowest BCUT2D eigenvalue weighted by Gasteiger charge is -2.37. The molecule has 1 unspecified atom stereocenters. The number of fused-ring (bicyclic) bond motifs is 2. The Hall–Kier alpha value is -2.78. The molecule has 38 heavy (non-hydrogen) atoms. The van der Waals surface area contributed by atoms with Crippen LogP contribution in [0.4, 0.5) is 5.69 Å². The zero-order chi connectivity index (χ0) is 27.0. The van der Waals surface area contributed by atoms with Crippen LogP contribution in [-0.2, 0) is 14.4 Å². The average molecular weight is 540 g/mol. The predicted molar refractivity (Wildman–Crippen MR) is 148 cm³/mol. The lowest BCUT2D eigenvalue weighted by atomic mass is 9.78. The molecular weight excluding hydrogens is 502 g/mol. The summed E-state index contributed by atoms with van der Waals surface area (Å²) in [4.78, 5) is 47.6. The molecule has 0 aromatic heterocycles. The van der Waals surface area contributed by atoms with Crippen LogP contribution in [0.1, 0.15) is 33.6 Å². The molecule has 1 spiro atoms. The second-order valence-electron chi connectivity index (χ2n) is 10.5. The van der Waals surface area contributed by atoms with E-state index < -0.39 is 28.7 Å². The Balaban J connectivity index is 1.54. The molecule has 0 aliphatic carbocycles. The summed E-state index contributed by atoms with van der Waals surface area (Å²) in [6.45, 7) is 7.61. The van der Waals surface area contributed by atoms with Crippen molar-refractivity contribution < 1.29 is 24.2 Å². The summed E-state index contributed by atoms with van der Waals surface area (Å²) in [5, 5.41) is 9.84. The van der Waals surface area contributed by atoms with Gasteiger partial charge in [-0.25, -0.2) is 0 Å². The number of ether oxygens (including phenoxy) is 1. The van der Waals surface area contributed by atoms with Gasteiger partial charge in [0.25, 0.3) is 0 Å². The molecule has 1 aromatic carbocycles. The third-order valence-corrected chi connectivity index (χ3v) is 9.90. The lowest BCUT2D eigenvalue weighted by Crippen LogP contribution is -2.56. The van der Waals surface area contributed by atoms with Crippen LogP contribution in [0.3, 0.4) is 0 Å². The number of nitrogens with zero attached hydrogens (tertiary/aromatic N) is 3. The molecule has 0 saturated carbocycles. The number of carbonyl (C=O) groups excluding carboxylic acids is 3. The minimum Gasteiger partial charge on any atom is -0.494 e. The fraction of sp³-hybridized carbons (Fsp3) is 0.552. The standard InChI is InChI=1S/C29H37N3O5S/c1-4-6-15-30-16-8-14-29-24(27(35)32(19(3)18-33)25(29)28(30)36)23-22(38-29)9-7-17-31(26(23)34)20-10-12-21(13-11-20)37-5-2/h7-14,19,22-25,33H,4-6,15-18H2,1-3H3/t19-,22+,23-,24+,25?,29+/m1/s1. The highest BCUT2D eigenvalue weighted by atomic mass is 32.2. The lowest BCUT2D eigenvalue weighted by molar-refractivity contribution is -0.145. The van der Waals surface area contributed by atoms with E-state index >= 15 is 0 Å². The molecule has 204 valence electrons. The van der Waals surface area contributed by atoms with Crippen LogP contribution in [0.15, 0.2) is 48.6 Å². The van der Waals surface area contributed by atoms with Gasteiger partial charge in [0.2, 0.25) is 17.7 Å². The van der Waals surface area contributed by atoms with Crippen molar-refractivity contribution in [3.8, 4) is 5.75 Å². The van der Waals surface area contributed by atoms with Gasteiger partial charge in [-0.1, -0.05) is 37.6 Å². The SMILES string of the molecule is CCCCN1CC=C[C@]23S[C@H]4C=CCN(c5ccc(OCC)cc5)C(=O)[C@H]4[C@H]2C(=O)N([C@H](C)CO)C3C1=O. The first-order valence-electron chi connectivity index (χ1n) is 13.7. The van der Waals surface area contributed by atoms with Crippen LogP contribution in [0.2, 0.25) is 0 Å². The van der Waals surface area contributed by atoms with Crippen molar-refractivity contribution in [1.29, 1.82) is 0 Å². The molecule has 9 heteroatoms. The Labute approximate surface area is 228 Å². The molecule has 5 rings (SSSR count). The molecule has 4 aliphatic rings. The first-order valence-corrected chi connectivity index (χ1v) is 14.5. The smallest absolute Gasteiger partial charge is 0.247 e. The number of benzene rings is 1. The van der Waals surface area contributed by atoms with Crippen LogP contribution in [0, 0.1) is 11.8 Å². The fourth-order valence-corrected chi connectivity index (χ4v) is 8.35. The number of amides is 3. The summed E-state index contributed by atoms with van der Waals surface area (Å²) in [7, 11) is 0. The summed E-state index contributed by atoms with van der Waals surface area (Å²) in [5.74, 6) is -0.999. The summed E-state index contributed by atoms with van der Waals surface area (Å²) in [5.41, 5.74) is 0.746. The van der Waals surface area contributed by atoms with Gasteiger partial charge in [-0.15, -0.1) is 11.8 Å². The molecule has 6 atom stereocenters. The zero-order valence-electron chi connectivity index (χ0n) is 22.3.